The fourth-order valence-electron chi connectivity index (χ4n) is 1.83. The minimum Gasteiger partial charge on any atom is -0.484 e. The van der Waals surface area contributed by atoms with Crippen LogP contribution in [0, 0.1) is 0 Å². The van der Waals surface area contributed by atoms with Gasteiger partial charge in [-0.2, -0.15) is 0 Å². The van der Waals surface area contributed by atoms with Crippen LogP contribution in [0.1, 0.15) is 18.9 Å². The molecule has 1 rings (SSSR count). The number of amides is 1. The number of carboxylic acids is 1. The summed E-state index contributed by atoms with van der Waals surface area (Å²) in [5.41, 5.74) is 5.98. The minimum atomic E-state index is -0.833. The van der Waals surface area contributed by atoms with Gasteiger partial charge in [0.15, 0.2) is 6.61 Å². The van der Waals surface area contributed by atoms with E-state index in [9.17, 15) is 9.59 Å². The molecule has 0 unspecified atom stereocenters. The van der Waals surface area contributed by atoms with E-state index in [0.29, 0.717) is 12.3 Å². The summed E-state index contributed by atoms with van der Waals surface area (Å²) in [6, 6.07) is 7.17. The monoisotopic (exact) mass is 280 g/mol. The van der Waals surface area contributed by atoms with Gasteiger partial charge in [0.2, 0.25) is 0 Å². The predicted octanol–water partition coefficient (Wildman–Crippen LogP) is 0.847. The molecule has 0 atom stereocenters. The van der Waals surface area contributed by atoms with E-state index in [1.807, 2.05) is 24.0 Å². The number of primary amides is 1. The zero-order valence-electron chi connectivity index (χ0n) is 11.5. The molecule has 0 saturated carbocycles. The number of nitrogens with two attached hydrogens (primary N) is 1. The van der Waals surface area contributed by atoms with E-state index < -0.39 is 11.9 Å². The summed E-state index contributed by atoms with van der Waals surface area (Å²) in [6.07, 6.45) is 0.896. The summed E-state index contributed by atoms with van der Waals surface area (Å²) in [5.74, 6) is -0.794. The van der Waals surface area contributed by atoms with E-state index in [1.165, 1.54) is 0 Å². The van der Waals surface area contributed by atoms with Gasteiger partial charge in [0.1, 0.15) is 5.75 Å². The summed E-state index contributed by atoms with van der Waals surface area (Å²) in [5, 5.41) is 8.85. The highest BCUT2D eigenvalue weighted by atomic mass is 16.5. The molecule has 0 radical (unpaired) electrons. The van der Waals surface area contributed by atoms with Crippen molar-refractivity contribution in [2.75, 3.05) is 19.7 Å². The molecular weight excluding hydrogens is 260 g/mol. The summed E-state index contributed by atoms with van der Waals surface area (Å²) in [4.78, 5) is 23.2. The third kappa shape index (κ3) is 6.19. The summed E-state index contributed by atoms with van der Waals surface area (Å²) in [7, 11) is 0. The summed E-state index contributed by atoms with van der Waals surface area (Å²) >= 11 is 0. The van der Waals surface area contributed by atoms with E-state index in [1.54, 1.807) is 12.1 Å². The van der Waals surface area contributed by atoms with Crippen LogP contribution in [-0.2, 0) is 16.1 Å². The van der Waals surface area contributed by atoms with Crippen LogP contribution in [0.25, 0.3) is 0 Å². The second-order valence-corrected chi connectivity index (χ2v) is 4.50. The fourth-order valence-corrected chi connectivity index (χ4v) is 1.83. The van der Waals surface area contributed by atoms with Gasteiger partial charge >= 0.3 is 5.97 Å². The van der Waals surface area contributed by atoms with E-state index in [4.69, 9.17) is 15.6 Å². The normalized spacial score (nSPS) is 10.5. The molecule has 0 aliphatic rings. The Morgan fingerprint density at radius 2 is 1.95 bits per heavy atom. The van der Waals surface area contributed by atoms with Crippen molar-refractivity contribution in [3.63, 3.8) is 0 Å². The molecule has 1 aromatic carbocycles. The van der Waals surface area contributed by atoms with Crippen molar-refractivity contribution in [2.24, 2.45) is 5.73 Å². The van der Waals surface area contributed by atoms with Crippen molar-refractivity contribution in [1.29, 1.82) is 0 Å². The molecule has 0 fully saturated rings. The molecule has 0 saturated heterocycles. The molecule has 0 aliphatic heterocycles. The molecule has 0 aromatic heterocycles. The first kappa shape index (κ1) is 16.0. The maximum atomic E-state index is 10.8. The Bertz CT molecular complexity index is 445. The third-order valence-corrected chi connectivity index (χ3v) is 2.61. The number of benzene rings is 1. The summed E-state index contributed by atoms with van der Waals surface area (Å²) in [6.45, 7) is 3.17. The van der Waals surface area contributed by atoms with E-state index in [2.05, 4.69) is 0 Å². The molecule has 6 heteroatoms. The van der Waals surface area contributed by atoms with Crippen LogP contribution < -0.4 is 10.5 Å². The first-order chi connectivity index (χ1) is 9.51. The molecule has 0 aliphatic carbocycles. The Hall–Kier alpha value is -2.08. The number of hydrogen-bond donors (Lipinski definition) is 2. The number of hydrogen-bond acceptors (Lipinski definition) is 4. The van der Waals surface area contributed by atoms with Crippen LogP contribution in [0.3, 0.4) is 0 Å². The largest absolute Gasteiger partial charge is 0.484 e. The van der Waals surface area contributed by atoms with Gasteiger partial charge < -0.3 is 15.6 Å². The Balaban J connectivity index is 2.57. The molecular formula is C14H20N2O4. The van der Waals surface area contributed by atoms with Gasteiger partial charge in [-0.3, -0.25) is 14.5 Å². The number of aliphatic carboxylic acids is 1. The molecule has 1 amide bonds. The Morgan fingerprint density at radius 3 is 2.45 bits per heavy atom. The lowest BCUT2D eigenvalue weighted by Gasteiger charge is -2.19. The van der Waals surface area contributed by atoms with Crippen molar-refractivity contribution in [2.45, 2.75) is 19.9 Å². The van der Waals surface area contributed by atoms with Crippen LogP contribution in [0.4, 0.5) is 0 Å². The number of nitrogens with zero attached hydrogens (tertiary/aromatic N) is 1. The molecule has 6 nitrogen and oxygen atoms in total. The molecule has 110 valence electrons. The van der Waals surface area contributed by atoms with Crippen molar-refractivity contribution in [1.82, 2.24) is 4.90 Å². The molecule has 1 aromatic rings. The third-order valence-electron chi connectivity index (χ3n) is 2.61. The first-order valence-corrected chi connectivity index (χ1v) is 6.45. The number of carbonyl (C=O) groups excluding carboxylic acids is 1. The lowest BCUT2D eigenvalue weighted by Crippen LogP contribution is -2.30. The molecule has 3 N–H and O–H groups in total. The average molecular weight is 280 g/mol. The van der Waals surface area contributed by atoms with E-state index in [-0.39, 0.29) is 13.2 Å². The van der Waals surface area contributed by atoms with Crippen LogP contribution in [-0.4, -0.2) is 41.6 Å². The standard InChI is InChI=1S/C14H20N2O4/c1-2-7-16(9-14(18)19)8-11-3-5-12(6-4-11)20-10-13(15)17/h3-6H,2,7-10H2,1H3,(H2,15,17)(H,18,19). The van der Waals surface area contributed by atoms with Crippen molar-refractivity contribution < 1.29 is 19.4 Å². The zero-order valence-corrected chi connectivity index (χ0v) is 11.5. The quantitative estimate of drug-likeness (QED) is 0.699. The topological polar surface area (TPSA) is 92.9 Å². The van der Waals surface area contributed by atoms with Crippen molar-refractivity contribution in [3.8, 4) is 5.75 Å². The highest BCUT2D eigenvalue weighted by molar-refractivity contribution is 5.75. The molecule has 20 heavy (non-hydrogen) atoms. The van der Waals surface area contributed by atoms with Gasteiger partial charge in [-0.1, -0.05) is 19.1 Å². The minimum absolute atomic E-state index is 0.0216. The number of rotatable bonds is 9. The van der Waals surface area contributed by atoms with Gasteiger partial charge in [0.25, 0.3) is 5.91 Å². The van der Waals surface area contributed by atoms with Crippen LogP contribution in [0.2, 0.25) is 0 Å². The van der Waals surface area contributed by atoms with E-state index in [0.717, 1.165) is 18.5 Å². The van der Waals surface area contributed by atoms with E-state index >= 15 is 0 Å². The summed E-state index contributed by atoms with van der Waals surface area (Å²) < 4.78 is 5.16. The van der Waals surface area contributed by atoms with Crippen LogP contribution >= 0.6 is 0 Å². The SMILES string of the molecule is CCCN(CC(=O)O)Cc1ccc(OCC(N)=O)cc1. The molecule has 0 spiro atoms. The van der Waals surface area contributed by atoms with Gasteiger partial charge in [0.05, 0.1) is 6.54 Å². The van der Waals surface area contributed by atoms with Gasteiger partial charge in [0, 0.05) is 6.54 Å². The van der Waals surface area contributed by atoms with Gasteiger partial charge in [-0.05, 0) is 30.7 Å². The average Bonchev–Trinajstić information content (AvgIpc) is 2.37. The van der Waals surface area contributed by atoms with Gasteiger partial charge in [-0.25, -0.2) is 0 Å². The smallest absolute Gasteiger partial charge is 0.317 e. The second kappa shape index (κ2) is 8.16. The second-order valence-electron chi connectivity index (χ2n) is 4.50. The molecule has 0 heterocycles. The van der Waals surface area contributed by atoms with Crippen molar-refractivity contribution >= 4 is 11.9 Å². The van der Waals surface area contributed by atoms with Crippen LogP contribution in [0.15, 0.2) is 24.3 Å². The fraction of sp³-hybridized carbons (Fsp3) is 0.429. The number of carboxylic acid groups (broad SMARTS) is 1. The first-order valence-electron chi connectivity index (χ1n) is 6.45. The zero-order chi connectivity index (χ0) is 15.0. The lowest BCUT2D eigenvalue weighted by atomic mass is 10.2. The maximum Gasteiger partial charge on any atom is 0.317 e. The Morgan fingerprint density at radius 1 is 1.30 bits per heavy atom. The molecule has 0 bridgehead atoms. The number of ether oxygens (including phenoxy) is 1. The van der Waals surface area contributed by atoms with Gasteiger partial charge in [-0.15, -0.1) is 0 Å². The Labute approximate surface area is 118 Å². The highest BCUT2D eigenvalue weighted by Gasteiger charge is 2.09. The highest BCUT2D eigenvalue weighted by Crippen LogP contribution is 2.13. The predicted molar refractivity (Wildman–Crippen MR) is 74.3 cm³/mol. The maximum absolute atomic E-state index is 10.8. The number of carbonyl (C=O) groups is 2. The Kier molecular flexibility index (Phi) is 6.52. The van der Waals surface area contributed by atoms with Crippen molar-refractivity contribution in [3.05, 3.63) is 29.8 Å². The van der Waals surface area contributed by atoms with Crippen LogP contribution in [0.5, 0.6) is 5.75 Å². The lowest BCUT2D eigenvalue weighted by molar-refractivity contribution is -0.138.